The molecule has 0 spiro atoms. The molecule has 0 fully saturated rings. The van der Waals surface area contributed by atoms with Gasteiger partial charge in [-0.3, -0.25) is 4.98 Å². The zero-order valence-electron chi connectivity index (χ0n) is 12.6. The summed E-state index contributed by atoms with van der Waals surface area (Å²) in [7, 11) is 3.31. The van der Waals surface area contributed by atoms with Crippen LogP contribution in [0.1, 0.15) is 31.7 Å². The summed E-state index contributed by atoms with van der Waals surface area (Å²) in [5, 5.41) is 0. The molecule has 1 heterocycles. The first-order valence-corrected chi connectivity index (χ1v) is 6.72. The third-order valence-corrected chi connectivity index (χ3v) is 2.94. The molecule has 0 N–H and O–H groups in total. The van der Waals surface area contributed by atoms with E-state index >= 15 is 0 Å². The molecule has 0 aromatic carbocycles. The molecule has 0 amide bonds. The van der Waals surface area contributed by atoms with Crippen molar-refractivity contribution < 1.29 is 9.47 Å². The Hall–Kier alpha value is -2.03. The van der Waals surface area contributed by atoms with Gasteiger partial charge < -0.3 is 9.47 Å². The molecule has 0 aliphatic carbocycles. The number of allylic oxidation sites excluding steroid dienone is 3. The zero-order valence-corrected chi connectivity index (χ0v) is 12.6. The maximum atomic E-state index is 5.16. The van der Waals surface area contributed by atoms with Crippen molar-refractivity contribution in [3.05, 3.63) is 54.1 Å². The molecule has 0 aliphatic heterocycles. The Morgan fingerprint density at radius 2 is 2.15 bits per heavy atom. The molecule has 0 radical (unpaired) electrons. The fourth-order valence-electron chi connectivity index (χ4n) is 1.86. The van der Waals surface area contributed by atoms with E-state index in [1.165, 1.54) is 5.57 Å². The van der Waals surface area contributed by atoms with Crippen molar-refractivity contribution in [1.29, 1.82) is 0 Å². The second-order valence-electron chi connectivity index (χ2n) is 4.56. The summed E-state index contributed by atoms with van der Waals surface area (Å²) in [5.41, 5.74) is 2.40. The average Bonchev–Trinajstić information content (AvgIpc) is 2.47. The van der Waals surface area contributed by atoms with Crippen molar-refractivity contribution in [1.82, 2.24) is 4.98 Å². The molecule has 1 aromatic heterocycles. The van der Waals surface area contributed by atoms with Crippen LogP contribution in [0.25, 0.3) is 6.08 Å². The van der Waals surface area contributed by atoms with E-state index in [-0.39, 0.29) is 0 Å². The van der Waals surface area contributed by atoms with Crippen LogP contribution in [0.15, 0.2) is 48.5 Å². The highest BCUT2D eigenvalue weighted by molar-refractivity contribution is 5.52. The summed E-state index contributed by atoms with van der Waals surface area (Å²) < 4.78 is 10.3. The van der Waals surface area contributed by atoms with Gasteiger partial charge in [-0.25, -0.2) is 0 Å². The van der Waals surface area contributed by atoms with Gasteiger partial charge in [-0.05, 0) is 50.0 Å². The molecular weight excluding hydrogens is 250 g/mol. The molecule has 0 bridgehead atoms. The normalized spacial score (nSPS) is 12.2. The van der Waals surface area contributed by atoms with Gasteiger partial charge in [0.05, 0.1) is 20.4 Å². The number of unbranched alkanes of at least 4 members (excludes halogenated alkanes) is 1. The van der Waals surface area contributed by atoms with Crippen molar-refractivity contribution in [2.45, 2.75) is 26.2 Å². The van der Waals surface area contributed by atoms with Crippen LogP contribution in [-0.4, -0.2) is 19.2 Å². The van der Waals surface area contributed by atoms with Crippen molar-refractivity contribution in [3.8, 4) is 5.75 Å². The largest absolute Gasteiger partial charge is 0.497 e. The topological polar surface area (TPSA) is 31.4 Å². The summed E-state index contributed by atoms with van der Waals surface area (Å²) >= 11 is 0. The van der Waals surface area contributed by atoms with Crippen LogP contribution in [0.4, 0.5) is 0 Å². The second-order valence-corrected chi connectivity index (χ2v) is 4.56. The summed E-state index contributed by atoms with van der Waals surface area (Å²) in [6, 6.07) is 1.98. The highest BCUT2D eigenvalue weighted by atomic mass is 16.5. The van der Waals surface area contributed by atoms with Crippen LogP contribution in [0, 0.1) is 0 Å². The molecule has 0 saturated heterocycles. The van der Waals surface area contributed by atoms with Crippen LogP contribution in [-0.2, 0) is 4.74 Å². The van der Waals surface area contributed by atoms with Crippen molar-refractivity contribution >= 4 is 6.08 Å². The number of nitrogens with zero attached hydrogens (tertiary/aromatic N) is 1. The summed E-state index contributed by atoms with van der Waals surface area (Å²) in [4.78, 5) is 4.14. The second kappa shape index (κ2) is 8.97. The van der Waals surface area contributed by atoms with Gasteiger partial charge in [-0.2, -0.15) is 0 Å². The summed E-state index contributed by atoms with van der Waals surface area (Å²) in [6.45, 7) is 5.83. The Morgan fingerprint density at radius 3 is 2.80 bits per heavy atom. The minimum Gasteiger partial charge on any atom is -0.497 e. The molecule has 0 unspecified atom stereocenters. The van der Waals surface area contributed by atoms with E-state index in [9.17, 15) is 0 Å². The van der Waals surface area contributed by atoms with Crippen LogP contribution >= 0.6 is 0 Å². The molecular formula is C17H23NO2. The number of aromatic nitrogens is 1. The fraction of sp³-hybridized carbons (Fsp3) is 0.353. The Morgan fingerprint density at radius 1 is 1.35 bits per heavy atom. The van der Waals surface area contributed by atoms with Crippen LogP contribution in [0.2, 0.25) is 0 Å². The monoisotopic (exact) mass is 273 g/mol. The number of hydrogen-bond donors (Lipinski definition) is 0. The van der Waals surface area contributed by atoms with Gasteiger partial charge >= 0.3 is 0 Å². The number of methoxy groups -OCH3 is 2. The molecule has 1 rings (SSSR count). The molecule has 0 aliphatic rings. The number of ether oxygens (including phenoxy) is 2. The van der Waals surface area contributed by atoms with E-state index in [1.54, 1.807) is 26.5 Å². The maximum Gasteiger partial charge on any atom is 0.137 e. The summed E-state index contributed by atoms with van der Waals surface area (Å²) in [5.74, 6) is 1.62. The van der Waals surface area contributed by atoms with Gasteiger partial charge in [-0.1, -0.05) is 18.2 Å². The number of pyridine rings is 1. The Balaban J connectivity index is 2.49. The predicted octanol–water partition coefficient (Wildman–Crippen LogP) is 4.38. The molecule has 20 heavy (non-hydrogen) atoms. The van der Waals surface area contributed by atoms with Gasteiger partial charge in [-0.15, -0.1) is 0 Å². The lowest BCUT2D eigenvalue weighted by Crippen LogP contribution is -1.86. The lowest BCUT2D eigenvalue weighted by molar-refractivity contribution is 0.305. The lowest BCUT2D eigenvalue weighted by Gasteiger charge is -2.03. The average molecular weight is 273 g/mol. The third-order valence-electron chi connectivity index (χ3n) is 2.94. The van der Waals surface area contributed by atoms with Gasteiger partial charge in [0, 0.05) is 6.20 Å². The van der Waals surface area contributed by atoms with Crippen LogP contribution in [0.5, 0.6) is 5.75 Å². The van der Waals surface area contributed by atoms with Crippen LogP contribution < -0.4 is 4.74 Å². The smallest absolute Gasteiger partial charge is 0.137 e. The van der Waals surface area contributed by atoms with Gasteiger partial charge in [0.15, 0.2) is 0 Å². The number of rotatable bonds is 8. The minimum absolute atomic E-state index is 0.783. The van der Waals surface area contributed by atoms with E-state index in [2.05, 4.69) is 30.6 Å². The first-order chi connectivity index (χ1) is 9.69. The van der Waals surface area contributed by atoms with E-state index in [1.807, 2.05) is 12.3 Å². The summed E-state index contributed by atoms with van der Waals surface area (Å²) in [6.07, 6.45) is 12.6. The number of hydrogen-bond acceptors (Lipinski definition) is 3. The van der Waals surface area contributed by atoms with E-state index in [4.69, 9.17) is 9.47 Å². The SMILES string of the molecule is C=CC(=CCCCC(C)=Cc1cncc(OC)c1)OC. The molecule has 0 saturated carbocycles. The predicted molar refractivity (Wildman–Crippen MR) is 83.6 cm³/mol. The lowest BCUT2D eigenvalue weighted by atomic mass is 10.1. The molecule has 3 heteroatoms. The third kappa shape index (κ3) is 5.74. The highest BCUT2D eigenvalue weighted by Gasteiger charge is 1.96. The molecule has 1 aromatic rings. The zero-order chi connectivity index (χ0) is 14.8. The van der Waals surface area contributed by atoms with E-state index in [0.29, 0.717) is 0 Å². The van der Waals surface area contributed by atoms with Crippen molar-refractivity contribution in [3.63, 3.8) is 0 Å². The first kappa shape index (κ1) is 16.0. The first-order valence-electron chi connectivity index (χ1n) is 6.72. The Kier molecular flexibility index (Phi) is 7.18. The molecule has 0 atom stereocenters. The minimum atomic E-state index is 0.783. The fourth-order valence-corrected chi connectivity index (χ4v) is 1.86. The van der Waals surface area contributed by atoms with Crippen molar-refractivity contribution in [2.75, 3.05) is 14.2 Å². The highest BCUT2D eigenvalue weighted by Crippen LogP contribution is 2.16. The molecule has 3 nitrogen and oxygen atoms in total. The quantitative estimate of drug-likeness (QED) is 0.400. The van der Waals surface area contributed by atoms with Gasteiger partial charge in [0.25, 0.3) is 0 Å². The van der Waals surface area contributed by atoms with Crippen molar-refractivity contribution in [2.24, 2.45) is 0 Å². The standard InChI is InChI=1S/C17H23NO2/c1-5-16(19-3)9-7-6-8-14(2)10-15-11-17(20-4)13-18-12-15/h5,9-13H,1,6-8H2,2-4H3. The Labute approximate surface area is 121 Å². The van der Waals surface area contributed by atoms with Crippen LogP contribution in [0.3, 0.4) is 0 Å². The molecule has 108 valence electrons. The van der Waals surface area contributed by atoms with E-state index < -0.39 is 0 Å². The van der Waals surface area contributed by atoms with E-state index in [0.717, 1.165) is 36.3 Å². The Bertz CT molecular complexity index is 490. The van der Waals surface area contributed by atoms with Gasteiger partial charge in [0.1, 0.15) is 11.5 Å². The maximum absolute atomic E-state index is 5.16. The van der Waals surface area contributed by atoms with Gasteiger partial charge in [0.2, 0.25) is 0 Å².